The zero-order valence-electron chi connectivity index (χ0n) is 1.89. The summed E-state index contributed by atoms with van der Waals surface area (Å²) in [6, 6.07) is 0. The van der Waals surface area contributed by atoms with E-state index in [1.54, 1.807) is 0 Å². The second kappa shape index (κ2) is 3.03. The lowest BCUT2D eigenvalue weighted by Gasteiger charge is -1.52. The molecule has 0 fully saturated rings. The molecule has 0 amide bonds. The molecule has 0 aromatic heterocycles. The molecule has 6 radical (unpaired) electrons. The first-order valence-corrected chi connectivity index (χ1v) is 1.54. The highest BCUT2D eigenvalue weighted by atomic mass is 28.2. The maximum Gasteiger partial charge on any atom is 0.253 e. The van der Waals surface area contributed by atoms with Gasteiger partial charge in [0.2, 0.25) is 0 Å². The molecule has 0 aromatic rings. The van der Waals surface area contributed by atoms with Crippen LogP contribution in [-0.2, 0) is 0 Å². The summed E-state index contributed by atoms with van der Waals surface area (Å²) in [7, 11) is 5.40. The molecule has 0 aliphatic rings. The quantitative estimate of drug-likeness (QED) is 0.282. The summed E-state index contributed by atoms with van der Waals surface area (Å²) < 4.78 is 6.16. The molecule has 4 heavy (non-hydrogen) atoms. The lowest BCUT2D eigenvalue weighted by molar-refractivity contribution is 1.49. The molecule has 0 bridgehead atoms. The minimum atomic E-state index is 2.70. The molecule has 0 N–H and O–H groups in total. The molecule has 0 saturated carbocycles. The fraction of sp³-hybridized carbons (Fsp3) is 0. The zero-order valence-corrected chi connectivity index (χ0v) is 3.89. The van der Waals surface area contributed by atoms with Crippen LogP contribution in [0.5, 0.6) is 0 Å². The van der Waals surface area contributed by atoms with Gasteiger partial charge in [0, 0.05) is 0 Å². The predicted molar refractivity (Wildman–Crippen MR) is 16.4 cm³/mol. The fourth-order valence-electron chi connectivity index (χ4n) is 0. The number of nitrogens with zero attached hydrogens (tertiary/aromatic N) is 2. The standard InChI is InChI=1S/N2Si2/c3-1-2-4. The molecule has 0 rings (SSSR count). The largest absolute Gasteiger partial charge is 0.253 e. The molecular formula is N2Si2. The van der Waals surface area contributed by atoms with Crippen molar-refractivity contribution >= 4 is 20.8 Å². The van der Waals surface area contributed by atoms with Gasteiger partial charge in [-0.3, -0.25) is 9.56 Å². The van der Waals surface area contributed by atoms with Crippen LogP contribution in [0.15, 0.2) is 9.56 Å². The van der Waals surface area contributed by atoms with Crippen molar-refractivity contribution in [2.45, 2.75) is 0 Å². The molecule has 0 aliphatic heterocycles. The lowest BCUT2D eigenvalue weighted by Crippen LogP contribution is -1.45. The summed E-state index contributed by atoms with van der Waals surface area (Å²) in [5.41, 5.74) is 0. The van der Waals surface area contributed by atoms with Crippen LogP contribution in [0.25, 0.3) is 0 Å². The Kier molecular flexibility index (Phi) is 3.06. The van der Waals surface area contributed by atoms with Gasteiger partial charge in [-0.1, -0.05) is 0 Å². The minimum absolute atomic E-state index is 2.70. The van der Waals surface area contributed by atoms with Crippen molar-refractivity contribution in [2.75, 3.05) is 0 Å². The van der Waals surface area contributed by atoms with Crippen LogP contribution in [0.1, 0.15) is 0 Å². The SMILES string of the molecule is [Si]N=N[Si]. The average Bonchev–Trinajstić information content (AvgIpc) is 1.37. The van der Waals surface area contributed by atoms with E-state index in [0.717, 1.165) is 0 Å². The third kappa shape index (κ3) is 2.03. The summed E-state index contributed by atoms with van der Waals surface area (Å²) in [5, 5.41) is 0. The van der Waals surface area contributed by atoms with Gasteiger partial charge in [-0.05, 0) is 0 Å². The molecular weight excluding hydrogens is 84.2 g/mol. The first-order valence-electron chi connectivity index (χ1n) is 0.647. The molecule has 0 aromatic carbocycles. The van der Waals surface area contributed by atoms with E-state index >= 15 is 0 Å². The van der Waals surface area contributed by atoms with Crippen molar-refractivity contribution in [3.8, 4) is 0 Å². The van der Waals surface area contributed by atoms with Crippen LogP contribution in [0.2, 0.25) is 0 Å². The van der Waals surface area contributed by atoms with Gasteiger partial charge in [-0.15, -0.1) is 0 Å². The smallest absolute Gasteiger partial charge is 0.253 e. The van der Waals surface area contributed by atoms with Crippen molar-refractivity contribution in [3.05, 3.63) is 0 Å². The Morgan fingerprint density at radius 1 is 1.00 bits per heavy atom. The summed E-state index contributed by atoms with van der Waals surface area (Å²) in [4.78, 5) is 0. The highest BCUT2D eigenvalue weighted by Crippen LogP contribution is 1.44. The van der Waals surface area contributed by atoms with E-state index in [2.05, 4.69) is 30.4 Å². The monoisotopic (exact) mass is 84.0 g/mol. The minimum Gasteiger partial charge on any atom is -0.253 e. The van der Waals surface area contributed by atoms with Crippen LogP contribution < -0.4 is 0 Å². The van der Waals surface area contributed by atoms with E-state index < -0.39 is 0 Å². The normalized spacial score (nSPS) is 9.50. The van der Waals surface area contributed by atoms with Crippen LogP contribution >= 0.6 is 0 Å². The summed E-state index contributed by atoms with van der Waals surface area (Å²) in [6.07, 6.45) is 0. The van der Waals surface area contributed by atoms with E-state index in [1.807, 2.05) is 0 Å². The van der Waals surface area contributed by atoms with Gasteiger partial charge in [-0.2, -0.15) is 0 Å². The molecule has 0 heterocycles. The van der Waals surface area contributed by atoms with Crippen molar-refractivity contribution in [3.63, 3.8) is 0 Å². The van der Waals surface area contributed by atoms with Crippen LogP contribution in [0.3, 0.4) is 0 Å². The molecule has 2 nitrogen and oxygen atoms in total. The van der Waals surface area contributed by atoms with Gasteiger partial charge in [0.1, 0.15) is 0 Å². The van der Waals surface area contributed by atoms with Gasteiger partial charge in [0.25, 0.3) is 20.8 Å². The molecule has 0 saturated heterocycles. The molecule has 0 aliphatic carbocycles. The average molecular weight is 84.2 g/mol. The van der Waals surface area contributed by atoms with E-state index in [9.17, 15) is 0 Å². The summed E-state index contributed by atoms with van der Waals surface area (Å²) >= 11 is 0. The highest BCUT2D eigenvalue weighted by molar-refractivity contribution is 6.09. The van der Waals surface area contributed by atoms with Gasteiger partial charge in [0.15, 0.2) is 0 Å². The highest BCUT2D eigenvalue weighted by Gasteiger charge is 1.36. The van der Waals surface area contributed by atoms with Crippen LogP contribution in [0.4, 0.5) is 0 Å². The Morgan fingerprint density at radius 3 is 1.25 bits per heavy atom. The van der Waals surface area contributed by atoms with Crippen molar-refractivity contribution < 1.29 is 0 Å². The molecule has 0 unspecified atom stereocenters. The number of rotatable bonds is 0. The molecule has 18 valence electrons. The molecule has 4 heteroatoms. The van der Waals surface area contributed by atoms with Crippen LogP contribution in [-0.4, -0.2) is 20.8 Å². The van der Waals surface area contributed by atoms with Gasteiger partial charge < -0.3 is 0 Å². The summed E-state index contributed by atoms with van der Waals surface area (Å²) in [5.74, 6) is 0. The van der Waals surface area contributed by atoms with Gasteiger partial charge in [0.05, 0.1) is 0 Å². The Balaban J connectivity index is 2.55. The van der Waals surface area contributed by atoms with E-state index in [0.29, 0.717) is 0 Å². The Labute approximate surface area is 31.3 Å². The Morgan fingerprint density at radius 2 is 1.25 bits per heavy atom. The third-order valence-electron chi connectivity index (χ3n) is 0.0500. The molecule has 0 atom stereocenters. The summed E-state index contributed by atoms with van der Waals surface area (Å²) in [6.45, 7) is 0. The first-order chi connectivity index (χ1) is 1.91. The Bertz CT molecular complexity index is 19.2. The van der Waals surface area contributed by atoms with Crippen molar-refractivity contribution in [1.82, 2.24) is 0 Å². The topological polar surface area (TPSA) is 24.7 Å². The van der Waals surface area contributed by atoms with E-state index in [-0.39, 0.29) is 0 Å². The molecule has 0 spiro atoms. The lowest BCUT2D eigenvalue weighted by atomic mass is 13.2. The second-order valence-corrected chi connectivity index (χ2v) is 0.600. The van der Waals surface area contributed by atoms with Crippen molar-refractivity contribution in [1.29, 1.82) is 0 Å². The van der Waals surface area contributed by atoms with Crippen molar-refractivity contribution in [2.24, 2.45) is 9.56 Å². The number of hydrogen-bond acceptors (Lipinski definition) is 2. The number of hydrogen-bond donors (Lipinski definition) is 0. The maximum atomic E-state index is 3.08. The van der Waals surface area contributed by atoms with Gasteiger partial charge in [-0.25, -0.2) is 0 Å². The van der Waals surface area contributed by atoms with E-state index in [4.69, 9.17) is 0 Å². The second-order valence-electron chi connectivity index (χ2n) is 0.200. The van der Waals surface area contributed by atoms with E-state index in [1.165, 1.54) is 0 Å². The predicted octanol–water partition coefficient (Wildman–Crippen LogP) is -0.394. The Hall–Kier alpha value is 0.0338. The maximum absolute atomic E-state index is 3.08. The fourth-order valence-corrected chi connectivity index (χ4v) is 0. The first kappa shape index (κ1) is 4.03. The third-order valence-corrected chi connectivity index (χ3v) is 0.450. The zero-order chi connectivity index (χ0) is 3.41. The van der Waals surface area contributed by atoms with Crippen LogP contribution in [0, 0.1) is 0 Å². The van der Waals surface area contributed by atoms with Gasteiger partial charge >= 0.3 is 0 Å².